The van der Waals surface area contributed by atoms with Crippen molar-refractivity contribution in [1.29, 1.82) is 0 Å². The average molecular weight is 454 g/mol. The summed E-state index contributed by atoms with van der Waals surface area (Å²) in [5.41, 5.74) is 3.44. The SMILES string of the molecule is CSC1=CC(C)=NC(=O)C1CNC(=O)c1c(C)n([C@H](C)C2CCOCC2)c2ccccc12. The number of aromatic nitrogens is 1. The highest BCUT2D eigenvalue weighted by Crippen LogP contribution is 2.35. The Bertz CT molecular complexity index is 1100. The molecule has 2 atom stereocenters. The third-order valence-electron chi connectivity index (χ3n) is 6.72. The number of nitrogens with one attached hydrogen (secondary N) is 1. The second kappa shape index (κ2) is 9.63. The Labute approximate surface area is 193 Å². The van der Waals surface area contributed by atoms with E-state index < -0.39 is 5.92 Å². The van der Waals surface area contributed by atoms with E-state index in [9.17, 15) is 9.59 Å². The van der Waals surface area contributed by atoms with Crippen LogP contribution in [0, 0.1) is 18.8 Å². The molecule has 0 saturated carbocycles. The molecule has 1 fully saturated rings. The van der Waals surface area contributed by atoms with Crippen LogP contribution in [0.15, 0.2) is 40.2 Å². The van der Waals surface area contributed by atoms with E-state index in [2.05, 4.69) is 27.9 Å². The van der Waals surface area contributed by atoms with Gasteiger partial charge in [0.25, 0.3) is 11.8 Å². The van der Waals surface area contributed by atoms with E-state index in [1.165, 1.54) is 11.8 Å². The van der Waals surface area contributed by atoms with Crippen LogP contribution in [-0.2, 0) is 9.53 Å². The van der Waals surface area contributed by atoms with Crippen molar-refractivity contribution < 1.29 is 14.3 Å². The Morgan fingerprint density at radius 2 is 2.00 bits per heavy atom. The Kier molecular flexibility index (Phi) is 6.86. The first-order chi connectivity index (χ1) is 15.4. The minimum absolute atomic E-state index is 0.142. The predicted molar refractivity (Wildman–Crippen MR) is 130 cm³/mol. The van der Waals surface area contributed by atoms with Crippen molar-refractivity contribution in [3.05, 3.63) is 46.5 Å². The van der Waals surface area contributed by atoms with Gasteiger partial charge in [-0.05, 0) is 57.9 Å². The monoisotopic (exact) mass is 453 g/mol. The standard InChI is InChI=1S/C25H31N3O3S/c1-15-13-22(32-4)20(24(29)27-15)14-26-25(30)23-17(3)28(21-8-6-5-7-19(21)23)16(2)18-9-11-31-12-10-18/h5-8,13,16,18,20H,9-12,14H2,1-4H3,(H,26,30)/t16-,20?/m1/s1. The molecule has 2 aromatic rings. The first-order valence-corrected chi connectivity index (χ1v) is 12.4. The molecule has 170 valence electrons. The van der Waals surface area contributed by atoms with Gasteiger partial charge in [-0.2, -0.15) is 0 Å². The molecule has 2 aliphatic heterocycles. The molecule has 2 amide bonds. The summed E-state index contributed by atoms with van der Waals surface area (Å²) in [6.07, 6.45) is 5.93. The van der Waals surface area contributed by atoms with Gasteiger partial charge in [0.1, 0.15) is 0 Å². The van der Waals surface area contributed by atoms with Crippen LogP contribution in [0.5, 0.6) is 0 Å². The fraction of sp³-hybridized carbons (Fsp3) is 0.480. The van der Waals surface area contributed by atoms with Crippen molar-refractivity contribution in [1.82, 2.24) is 9.88 Å². The number of ether oxygens (including phenoxy) is 1. The summed E-state index contributed by atoms with van der Waals surface area (Å²) in [7, 11) is 0. The molecule has 0 radical (unpaired) electrons. The lowest BCUT2D eigenvalue weighted by atomic mass is 9.92. The minimum Gasteiger partial charge on any atom is -0.381 e. The maximum atomic E-state index is 13.4. The van der Waals surface area contributed by atoms with E-state index in [0.717, 1.165) is 47.6 Å². The lowest BCUT2D eigenvalue weighted by molar-refractivity contribution is -0.120. The van der Waals surface area contributed by atoms with Gasteiger partial charge >= 0.3 is 0 Å². The molecule has 2 aliphatic rings. The van der Waals surface area contributed by atoms with Crippen molar-refractivity contribution in [2.75, 3.05) is 26.0 Å². The molecule has 1 saturated heterocycles. The van der Waals surface area contributed by atoms with Gasteiger partial charge in [0.05, 0.1) is 11.5 Å². The molecule has 3 heterocycles. The summed E-state index contributed by atoms with van der Waals surface area (Å²) < 4.78 is 7.87. The van der Waals surface area contributed by atoms with Gasteiger partial charge in [-0.3, -0.25) is 9.59 Å². The van der Waals surface area contributed by atoms with Gasteiger partial charge in [0.15, 0.2) is 0 Å². The number of allylic oxidation sites excluding steroid dienone is 1. The number of benzene rings is 1. The van der Waals surface area contributed by atoms with Crippen molar-refractivity contribution in [3.63, 3.8) is 0 Å². The fourth-order valence-corrected chi connectivity index (χ4v) is 5.75. The van der Waals surface area contributed by atoms with E-state index in [4.69, 9.17) is 4.74 Å². The molecule has 0 aliphatic carbocycles. The number of carbonyl (C=O) groups is 2. The summed E-state index contributed by atoms with van der Waals surface area (Å²) >= 11 is 1.53. The van der Waals surface area contributed by atoms with Crippen LogP contribution in [0.2, 0.25) is 0 Å². The van der Waals surface area contributed by atoms with Crippen molar-refractivity contribution >= 4 is 40.2 Å². The Balaban J connectivity index is 1.62. The molecule has 1 aromatic carbocycles. The maximum Gasteiger partial charge on any atom is 0.255 e. The first kappa shape index (κ1) is 22.8. The number of fused-ring (bicyclic) bond motifs is 1. The average Bonchev–Trinajstić information content (AvgIpc) is 3.09. The molecule has 0 bridgehead atoms. The zero-order chi connectivity index (χ0) is 22.8. The first-order valence-electron chi connectivity index (χ1n) is 11.2. The lowest BCUT2D eigenvalue weighted by Gasteiger charge is -2.30. The number of dihydropyridines is 1. The van der Waals surface area contributed by atoms with E-state index in [0.29, 0.717) is 17.2 Å². The summed E-state index contributed by atoms with van der Waals surface area (Å²) in [6, 6.07) is 8.36. The highest BCUT2D eigenvalue weighted by Gasteiger charge is 2.30. The molecular formula is C25H31N3O3S. The number of aliphatic imine (C=N–C) groups is 1. The number of carbonyl (C=O) groups excluding carboxylic acids is 2. The van der Waals surface area contributed by atoms with Gasteiger partial charge in [-0.15, -0.1) is 11.8 Å². The largest absolute Gasteiger partial charge is 0.381 e. The second-order valence-electron chi connectivity index (χ2n) is 8.64. The lowest BCUT2D eigenvalue weighted by Crippen LogP contribution is -2.35. The van der Waals surface area contributed by atoms with E-state index in [1.54, 1.807) is 0 Å². The Morgan fingerprint density at radius 3 is 2.72 bits per heavy atom. The molecule has 7 heteroatoms. The highest BCUT2D eigenvalue weighted by atomic mass is 32.2. The molecular weight excluding hydrogens is 422 g/mol. The second-order valence-corrected chi connectivity index (χ2v) is 9.52. The van der Waals surface area contributed by atoms with E-state index >= 15 is 0 Å². The zero-order valence-electron chi connectivity index (χ0n) is 19.2. The van der Waals surface area contributed by atoms with Gasteiger partial charge < -0.3 is 14.6 Å². The number of rotatable bonds is 6. The number of para-hydroxylation sites is 1. The number of thioether (sulfide) groups is 1. The Morgan fingerprint density at radius 1 is 1.28 bits per heavy atom. The van der Waals surface area contributed by atoms with Gasteiger partial charge in [0, 0.05) is 53.0 Å². The smallest absolute Gasteiger partial charge is 0.255 e. The quantitative estimate of drug-likeness (QED) is 0.697. The normalized spacial score (nSPS) is 20.8. The van der Waals surface area contributed by atoms with Crippen LogP contribution in [-0.4, -0.2) is 48.1 Å². The molecule has 4 rings (SSSR count). The predicted octanol–water partition coefficient (Wildman–Crippen LogP) is 4.53. The maximum absolute atomic E-state index is 13.4. The molecule has 1 aromatic heterocycles. The zero-order valence-corrected chi connectivity index (χ0v) is 20.0. The highest BCUT2D eigenvalue weighted by molar-refractivity contribution is 8.02. The molecule has 6 nitrogen and oxygen atoms in total. The van der Waals surface area contributed by atoms with Crippen LogP contribution in [0.4, 0.5) is 0 Å². The number of hydrogen-bond acceptors (Lipinski definition) is 4. The summed E-state index contributed by atoms with van der Waals surface area (Å²) in [5.74, 6) is -0.241. The number of nitrogens with zero attached hydrogens (tertiary/aromatic N) is 2. The summed E-state index contributed by atoms with van der Waals surface area (Å²) in [5, 5.41) is 3.98. The summed E-state index contributed by atoms with van der Waals surface area (Å²) in [4.78, 5) is 30.9. The molecule has 0 spiro atoms. The third kappa shape index (κ3) is 4.28. The summed E-state index contributed by atoms with van der Waals surface area (Å²) in [6.45, 7) is 7.92. The fourth-order valence-electron chi connectivity index (χ4n) is 5.00. The minimum atomic E-state index is -0.424. The van der Waals surface area contributed by atoms with Crippen LogP contribution in [0.3, 0.4) is 0 Å². The number of hydrogen-bond donors (Lipinski definition) is 1. The molecule has 1 unspecified atom stereocenters. The number of amides is 2. The van der Waals surface area contributed by atoms with Crippen molar-refractivity contribution in [2.24, 2.45) is 16.8 Å². The van der Waals surface area contributed by atoms with Crippen molar-refractivity contribution in [3.8, 4) is 0 Å². The molecule has 32 heavy (non-hydrogen) atoms. The van der Waals surface area contributed by atoms with E-state index in [-0.39, 0.29) is 24.4 Å². The van der Waals surface area contributed by atoms with Crippen LogP contribution >= 0.6 is 11.8 Å². The van der Waals surface area contributed by atoms with Crippen LogP contribution < -0.4 is 5.32 Å². The van der Waals surface area contributed by atoms with Crippen LogP contribution in [0.25, 0.3) is 10.9 Å². The topological polar surface area (TPSA) is 72.7 Å². The van der Waals surface area contributed by atoms with E-state index in [1.807, 2.05) is 44.4 Å². The van der Waals surface area contributed by atoms with Gasteiger partial charge in [-0.1, -0.05) is 18.2 Å². The van der Waals surface area contributed by atoms with Crippen LogP contribution in [0.1, 0.15) is 48.8 Å². The molecule has 1 N–H and O–H groups in total. The third-order valence-corrected chi connectivity index (χ3v) is 7.59. The Hall–Kier alpha value is -2.38. The van der Waals surface area contributed by atoms with Crippen molar-refractivity contribution in [2.45, 2.75) is 39.7 Å². The van der Waals surface area contributed by atoms with Gasteiger partial charge in [0.2, 0.25) is 0 Å². The van der Waals surface area contributed by atoms with Gasteiger partial charge in [-0.25, -0.2) is 4.99 Å².